The summed E-state index contributed by atoms with van der Waals surface area (Å²) >= 11 is 3.27. The Kier molecular flexibility index (Phi) is 3.89. The number of halogens is 2. The van der Waals surface area contributed by atoms with E-state index in [2.05, 4.69) is 15.9 Å². The molecule has 0 fully saturated rings. The molecule has 0 radical (unpaired) electrons. The van der Waals surface area contributed by atoms with Crippen molar-refractivity contribution in [3.05, 3.63) is 28.0 Å². The van der Waals surface area contributed by atoms with Crippen molar-refractivity contribution in [2.24, 2.45) is 0 Å². The summed E-state index contributed by atoms with van der Waals surface area (Å²) in [6, 6.07) is 2.94. The summed E-state index contributed by atoms with van der Waals surface area (Å²) < 4.78 is 19.2. The van der Waals surface area contributed by atoms with Crippen LogP contribution in [0.5, 0.6) is 5.75 Å². The maximum Gasteiger partial charge on any atom is 0.139 e. The molecular weight excluding hydrogens is 251 g/mol. The fourth-order valence-electron chi connectivity index (χ4n) is 1.31. The average molecular weight is 263 g/mol. The monoisotopic (exact) mass is 262 g/mol. The second-order valence-electron chi connectivity index (χ2n) is 3.06. The Morgan fingerprint density at radius 1 is 1.57 bits per heavy atom. The predicted octanol–water partition coefficient (Wildman–Crippen LogP) is 2.69. The van der Waals surface area contributed by atoms with E-state index in [0.717, 1.165) is 0 Å². The maximum absolute atomic E-state index is 13.4. The molecule has 0 saturated heterocycles. The van der Waals surface area contributed by atoms with Crippen LogP contribution in [0.4, 0.5) is 4.39 Å². The van der Waals surface area contributed by atoms with E-state index in [0.29, 0.717) is 15.8 Å². The molecule has 0 bridgehead atoms. The van der Waals surface area contributed by atoms with Gasteiger partial charge in [-0.15, -0.1) is 0 Å². The van der Waals surface area contributed by atoms with Gasteiger partial charge >= 0.3 is 0 Å². The van der Waals surface area contributed by atoms with Gasteiger partial charge in [0, 0.05) is 18.1 Å². The van der Waals surface area contributed by atoms with E-state index < -0.39 is 0 Å². The molecule has 14 heavy (non-hydrogen) atoms. The largest absolute Gasteiger partial charge is 0.495 e. The lowest BCUT2D eigenvalue weighted by Crippen LogP contribution is -2.05. The third-order valence-corrected chi connectivity index (χ3v) is 2.69. The Morgan fingerprint density at radius 2 is 2.21 bits per heavy atom. The summed E-state index contributed by atoms with van der Waals surface area (Å²) in [7, 11) is 1.48. The second-order valence-corrected chi connectivity index (χ2v) is 3.91. The van der Waals surface area contributed by atoms with Gasteiger partial charge in [0.25, 0.3) is 0 Å². The standard InChI is InChI=1S/C10H12BrFO2/c1-6(5-13)9-8(12)4-3-7(11)10(9)14-2/h3-4,6,13H,5H2,1-2H3. The minimum absolute atomic E-state index is 0.107. The van der Waals surface area contributed by atoms with Gasteiger partial charge in [0.2, 0.25) is 0 Å². The zero-order chi connectivity index (χ0) is 10.7. The summed E-state index contributed by atoms with van der Waals surface area (Å²) in [4.78, 5) is 0. The first-order valence-corrected chi connectivity index (χ1v) is 5.03. The average Bonchev–Trinajstić information content (AvgIpc) is 2.19. The van der Waals surface area contributed by atoms with E-state index in [4.69, 9.17) is 9.84 Å². The van der Waals surface area contributed by atoms with Crippen molar-refractivity contribution in [1.82, 2.24) is 0 Å². The molecule has 1 atom stereocenters. The van der Waals surface area contributed by atoms with Crippen molar-refractivity contribution in [2.75, 3.05) is 13.7 Å². The number of hydrogen-bond donors (Lipinski definition) is 1. The van der Waals surface area contributed by atoms with Gasteiger partial charge < -0.3 is 9.84 Å². The van der Waals surface area contributed by atoms with Gasteiger partial charge in [-0.25, -0.2) is 4.39 Å². The van der Waals surface area contributed by atoms with Crippen LogP contribution >= 0.6 is 15.9 Å². The number of aliphatic hydroxyl groups is 1. The lowest BCUT2D eigenvalue weighted by Gasteiger charge is -2.15. The van der Waals surface area contributed by atoms with E-state index >= 15 is 0 Å². The summed E-state index contributed by atoms with van der Waals surface area (Å²) in [6.45, 7) is 1.64. The van der Waals surface area contributed by atoms with Gasteiger partial charge in [-0.1, -0.05) is 6.92 Å². The SMILES string of the molecule is COc1c(Br)ccc(F)c1C(C)CO. The second kappa shape index (κ2) is 4.75. The number of rotatable bonds is 3. The molecule has 1 unspecified atom stereocenters. The van der Waals surface area contributed by atoms with Crippen LogP contribution in [-0.2, 0) is 0 Å². The van der Waals surface area contributed by atoms with Crippen LogP contribution < -0.4 is 4.74 Å². The number of benzene rings is 1. The molecule has 0 aliphatic carbocycles. The molecule has 78 valence electrons. The van der Waals surface area contributed by atoms with Crippen molar-refractivity contribution in [2.45, 2.75) is 12.8 Å². The van der Waals surface area contributed by atoms with Gasteiger partial charge in [0.05, 0.1) is 11.6 Å². The molecule has 1 aromatic rings. The van der Waals surface area contributed by atoms with E-state index in [1.54, 1.807) is 13.0 Å². The fourth-order valence-corrected chi connectivity index (χ4v) is 1.81. The Balaban J connectivity index is 3.29. The number of hydrogen-bond acceptors (Lipinski definition) is 2. The molecule has 0 spiro atoms. The molecule has 0 aliphatic rings. The maximum atomic E-state index is 13.4. The van der Waals surface area contributed by atoms with Gasteiger partial charge in [-0.05, 0) is 28.1 Å². The van der Waals surface area contributed by atoms with E-state index in [-0.39, 0.29) is 18.3 Å². The van der Waals surface area contributed by atoms with Gasteiger partial charge in [-0.2, -0.15) is 0 Å². The predicted molar refractivity (Wildman–Crippen MR) is 56.2 cm³/mol. The lowest BCUT2D eigenvalue weighted by atomic mass is 10.0. The highest BCUT2D eigenvalue weighted by Gasteiger charge is 2.18. The van der Waals surface area contributed by atoms with Gasteiger partial charge in [-0.3, -0.25) is 0 Å². The molecule has 1 N–H and O–H groups in total. The Labute approximate surface area is 90.8 Å². The highest BCUT2D eigenvalue weighted by atomic mass is 79.9. The van der Waals surface area contributed by atoms with Crippen molar-refractivity contribution in [1.29, 1.82) is 0 Å². The highest BCUT2D eigenvalue weighted by molar-refractivity contribution is 9.10. The third-order valence-electron chi connectivity index (χ3n) is 2.07. The highest BCUT2D eigenvalue weighted by Crippen LogP contribution is 2.35. The van der Waals surface area contributed by atoms with Crippen molar-refractivity contribution >= 4 is 15.9 Å². The normalized spacial score (nSPS) is 12.6. The number of aliphatic hydroxyl groups excluding tert-OH is 1. The molecule has 0 heterocycles. The van der Waals surface area contributed by atoms with Crippen LogP contribution in [0.3, 0.4) is 0 Å². The van der Waals surface area contributed by atoms with Gasteiger partial charge in [0.1, 0.15) is 11.6 Å². The van der Waals surface area contributed by atoms with Crippen LogP contribution in [0.15, 0.2) is 16.6 Å². The molecule has 0 aromatic heterocycles. The minimum atomic E-state index is -0.355. The Hall–Kier alpha value is -0.610. The molecular formula is C10H12BrFO2. The van der Waals surface area contributed by atoms with E-state index in [9.17, 15) is 4.39 Å². The van der Waals surface area contributed by atoms with Crippen LogP contribution in [0.25, 0.3) is 0 Å². The van der Waals surface area contributed by atoms with Crippen LogP contribution in [0, 0.1) is 5.82 Å². The molecule has 1 rings (SSSR count). The van der Waals surface area contributed by atoms with Crippen molar-refractivity contribution in [3.8, 4) is 5.75 Å². The first-order valence-electron chi connectivity index (χ1n) is 4.24. The molecule has 0 saturated carbocycles. The van der Waals surface area contributed by atoms with Crippen LogP contribution in [0.2, 0.25) is 0 Å². The summed E-state index contributed by atoms with van der Waals surface area (Å²) in [6.07, 6.45) is 0. The topological polar surface area (TPSA) is 29.5 Å². The molecule has 2 nitrogen and oxygen atoms in total. The summed E-state index contributed by atoms with van der Waals surface area (Å²) in [5.74, 6) is -0.180. The molecule has 1 aromatic carbocycles. The molecule has 4 heteroatoms. The Bertz CT molecular complexity index is 328. The first kappa shape index (κ1) is 11.5. The third kappa shape index (κ3) is 2.07. The fraction of sp³-hybridized carbons (Fsp3) is 0.400. The van der Waals surface area contributed by atoms with Crippen LogP contribution in [0.1, 0.15) is 18.4 Å². The van der Waals surface area contributed by atoms with Crippen LogP contribution in [-0.4, -0.2) is 18.8 Å². The first-order chi connectivity index (χ1) is 6.61. The number of methoxy groups -OCH3 is 1. The van der Waals surface area contributed by atoms with Crippen molar-refractivity contribution in [3.63, 3.8) is 0 Å². The van der Waals surface area contributed by atoms with Gasteiger partial charge in [0.15, 0.2) is 0 Å². The molecule has 0 aliphatic heterocycles. The molecule has 0 amide bonds. The lowest BCUT2D eigenvalue weighted by molar-refractivity contribution is 0.266. The zero-order valence-electron chi connectivity index (χ0n) is 8.05. The van der Waals surface area contributed by atoms with Crippen molar-refractivity contribution < 1.29 is 14.2 Å². The minimum Gasteiger partial charge on any atom is -0.495 e. The summed E-state index contributed by atoms with van der Waals surface area (Å²) in [5.41, 5.74) is 0.407. The van der Waals surface area contributed by atoms with E-state index in [1.807, 2.05) is 0 Å². The zero-order valence-corrected chi connectivity index (χ0v) is 9.64. The number of ether oxygens (including phenoxy) is 1. The van der Waals surface area contributed by atoms with E-state index in [1.165, 1.54) is 13.2 Å². The Morgan fingerprint density at radius 3 is 2.71 bits per heavy atom. The summed E-state index contributed by atoms with van der Waals surface area (Å²) in [5, 5.41) is 8.99. The quantitative estimate of drug-likeness (QED) is 0.908. The smallest absolute Gasteiger partial charge is 0.139 e.